The summed E-state index contributed by atoms with van der Waals surface area (Å²) in [6.45, 7) is 0.384. The lowest BCUT2D eigenvalue weighted by atomic mass is 9.67. The highest BCUT2D eigenvalue weighted by atomic mass is 32.2. The van der Waals surface area contributed by atoms with Gasteiger partial charge in [-0.2, -0.15) is 11.8 Å². The lowest BCUT2D eigenvalue weighted by molar-refractivity contribution is -0.336. The maximum Gasteiger partial charge on any atom is 0.310 e. The second-order valence-electron chi connectivity index (χ2n) is 16.9. The summed E-state index contributed by atoms with van der Waals surface area (Å²) in [5.41, 5.74) is 0. The number of carbonyl (C=O) groups excluding carboxylic acids is 1. The van der Waals surface area contributed by atoms with E-state index in [9.17, 15) is 24.6 Å². The predicted octanol–water partition coefficient (Wildman–Crippen LogP) is 9.23. The van der Waals surface area contributed by atoms with Gasteiger partial charge in [0.2, 0.25) is 0 Å². The van der Waals surface area contributed by atoms with Crippen molar-refractivity contribution in [3.8, 4) is 0 Å². The second kappa shape index (κ2) is 18.4. The monoisotopic (exact) mass is 704 g/mol. The van der Waals surface area contributed by atoms with E-state index >= 15 is 0 Å². The Kier molecular flexibility index (Phi) is 14.1. The zero-order valence-electron chi connectivity index (χ0n) is 29.9. The summed E-state index contributed by atoms with van der Waals surface area (Å²) in [5.74, 6) is -0.780. The van der Waals surface area contributed by atoms with Crippen molar-refractivity contribution in [2.75, 3.05) is 6.61 Å². The molecule has 6 aliphatic rings. The molecule has 0 heterocycles. The van der Waals surface area contributed by atoms with Crippen LogP contribution in [0, 0.1) is 47.3 Å². The third kappa shape index (κ3) is 10.4. The van der Waals surface area contributed by atoms with Crippen LogP contribution in [0.25, 0.3) is 0 Å². The minimum atomic E-state index is -0.826. The van der Waals surface area contributed by atoms with Gasteiger partial charge in [0.05, 0.1) is 30.5 Å². The maximum absolute atomic E-state index is 13.2. The average molecular weight is 705 g/mol. The number of hydrogen-bond acceptors (Lipinski definition) is 7. The Morgan fingerprint density at radius 2 is 1.02 bits per heavy atom. The number of thioether (sulfide) groups is 1. The van der Waals surface area contributed by atoms with Crippen LogP contribution in [0.2, 0.25) is 0 Å². The summed E-state index contributed by atoms with van der Waals surface area (Å²) < 4.78 is 6.00. The number of carboxylic acid groups (broad SMARTS) is 2. The molecule has 2 N–H and O–H groups in total. The zero-order valence-corrected chi connectivity index (χ0v) is 30.7. The first-order chi connectivity index (χ1) is 23.8. The van der Waals surface area contributed by atoms with E-state index in [1.165, 1.54) is 64.2 Å². The molecule has 6 saturated carbocycles. The molecule has 0 aromatic carbocycles. The standard InChI is InChI=1S/C40H64O8S/c41-38(42)36-23-28(26-7-3-1-4-8-26)11-12-30(36)25-46-48-32-16-20-34(21-17-32)49-33-18-14-31(15-19-33)47-40(45)35-22-13-29(24-37(35)39(43)44)27-9-5-2-6-10-27/h26-37H,1-25H2,(H,41,42)(H,43,44). The van der Waals surface area contributed by atoms with Gasteiger partial charge in [-0.15, -0.1) is 0 Å². The summed E-state index contributed by atoms with van der Waals surface area (Å²) in [6, 6.07) is 0. The van der Waals surface area contributed by atoms with Gasteiger partial charge in [-0.05, 0) is 119 Å². The van der Waals surface area contributed by atoms with Gasteiger partial charge in [-0.25, -0.2) is 9.78 Å². The van der Waals surface area contributed by atoms with E-state index in [0.29, 0.717) is 53.6 Å². The number of hydrogen-bond donors (Lipinski definition) is 2. The van der Waals surface area contributed by atoms with Crippen LogP contribution in [0.1, 0.15) is 154 Å². The molecule has 0 aromatic heterocycles. The summed E-state index contributed by atoms with van der Waals surface area (Å²) in [4.78, 5) is 49.2. The lowest BCUT2D eigenvalue weighted by Crippen LogP contribution is -2.40. The quantitative estimate of drug-likeness (QED) is 0.116. The highest BCUT2D eigenvalue weighted by molar-refractivity contribution is 8.00. The fourth-order valence-corrected chi connectivity index (χ4v) is 12.5. The molecular formula is C40H64O8S. The van der Waals surface area contributed by atoms with Gasteiger partial charge >= 0.3 is 17.9 Å². The Hall–Kier alpha value is -1.32. The van der Waals surface area contributed by atoms with Gasteiger partial charge in [-0.3, -0.25) is 14.4 Å². The lowest BCUT2D eigenvalue weighted by Gasteiger charge is -2.39. The molecule has 49 heavy (non-hydrogen) atoms. The Morgan fingerprint density at radius 1 is 0.510 bits per heavy atom. The fraction of sp³-hybridized carbons (Fsp3) is 0.925. The Bertz CT molecular complexity index is 1060. The van der Waals surface area contributed by atoms with Gasteiger partial charge in [-0.1, -0.05) is 64.2 Å². The third-order valence-electron chi connectivity index (χ3n) is 13.9. The molecule has 0 aromatic rings. The third-order valence-corrected chi connectivity index (χ3v) is 15.6. The van der Waals surface area contributed by atoms with Gasteiger partial charge in [0, 0.05) is 10.5 Å². The second-order valence-corrected chi connectivity index (χ2v) is 18.6. The van der Waals surface area contributed by atoms with Gasteiger partial charge in [0.15, 0.2) is 0 Å². The van der Waals surface area contributed by atoms with Crippen LogP contribution < -0.4 is 0 Å². The van der Waals surface area contributed by atoms with E-state index in [4.69, 9.17) is 14.5 Å². The minimum Gasteiger partial charge on any atom is -0.481 e. The van der Waals surface area contributed by atoms with Crippen LogP contribution in [0.4, 0.5) is 0 Å². The molecule has 0 bridgehead atoms. The molecule has 0 radical (unpaired) electrons. The minimum absolute atomic E-state index is 0.0403. The van der Waals surface area contributed by atoms with Crippen molar-refractivity contribution < 1.29 is 39.1 Å². The largest absolute Gasteiger partial charge is 0.481 e. The van der Waals surface area contributed by atoms with E-state index in [2.05, 4.69) is 11.8 Å². The zero-order chi connectivity index (χ0) is 34.2. The molecule has 0 amide bonds. The number of ether oxygens (including phenoxy) is 1. The van der Waals surface area contributed by atoms with Crippen molar-refractivity contribution in [2.45, 2.75) is 177 Å². The van der Waals surface area contributed by atoms with Crippen molar-refractivity contribution in [2.24, 2.45) is 47.3 Å². The van der Waals surface area contributed by atoms with Crippen molar-refractivity contribution in [3.63, 3.8) is 0 Å². The molecule has 6 rings (SSSR count). The Balaban J connectivity index is 0.848. The van der Waals surface area contributed by atoms with Crippen molar-refractivity contribution in [3.05, 3.63) is 0 Å². The number of carboxylic acids is 2. The average Bonchev–Trinajstić information content (AvgIpc) is 3.13. The van der Waals surface area contributed by atoms with Crippen LogP contribution in [0.5, 0.6) is 0 Å². The molecule has 0 spiro atoms. The van der Waals surface area contributed by atoms with Gasteiger partial charge < -0.3 is 14.9 Å². The Morgan fingerprint density at radius 3 is 1.57 bits per heavy atom. The van der Waals surface area contributed by atoms with Gasteiger partial charge in [0.25, 0.3) is 0 Å². The first kappa shape index (κ1) is 37.4. The van der Waals surface area contributed by atoms with Crippen molar-refractivity contribution in [1.82, 2.24) is 0 Å². The smallest absolute Gasteiger partial charge is 0.310 e. The SMILES string of the molecule is O=C(O)C1CC(C2CCCCC2)CCC1COOC1CCC(SC2CCC(OC(=O)C3CCC(C4CCCCC4)CC3C(=O)O)CC2)CC1. The maximum atomic E-state index is 13.2. The molecule has 6 aliphatic carbocycles. The van der Waals surface area contributed by atoms with E-state index in [1.807, 2.05) is 0 Å². The summed E-state index contributed by atoms with van der Waals surface area (Å²) in [7, 11) is 0. The number of carbonyl (C=O) groups is 3. The van der Waals surface area contributed by atoms with Gasteiger partial charge in [0.1, 0.15) is 6.10 Å². The topological polar surface area (TPSA) is 119 Å². The normalized spacial score (nSPS) is 38.4. The van der Waals surface area contributed by atoms with Crippen LogP contribution in [0.15, 0.2) is 0 Å². The van der Waals surface area contributed by atoms with Crippen LogP contribution in [-0.4, -0.2) is 57.4 Å². The van der Waals surface area contributed by atoms with Crippen LogP contribution in [-0.2, 0) is 28.9 Å². The molecular weight excluding hydrogens is 640 g/mol. The highest BCUT2D eigenvalue weighted by Crippen LogP contribution is 2.45. The molecule has 6 unspecified atom stereocenters. The highest BCUT2D eigenvalue weighted by Gasteiger charge is 2.43. The number of aliphatic carboxylic acids is 2. The van der Waals surface area contributed by atoms with E-state index in [1.54, 1.807) is 0 Å². The number of rotatable bonds is 12. The molecule has 8 nitrogen and oxygen atoms in total. The molecule has 9 heteroatoms. The van der Waals surface area contributed by atoms with Crippen LogP contribution >= 0.6 is 11.8 Å². The molecule has 278 valence electrons. The van der Waals surface area contributed by atoms with Crippen molar-refractivity contribution in [1.29, 1.82) is 0 Å². The van der Waals surface area contributed by atoms with Crippen molar-refractivity contribution >= 4 is 29.7 Å². The molecule has 6 fully saturated rings. The van der Waals surface area contributed by atoms with Crippen LogP contribution in [0.3, 0.4) is 0 Å². The Labute approximate surface area is 298 Å². The van der Waals surface area contributed by atoms with E-state index in [0.717, 1.165) is 77.0 Å². The number of esters is 1. The van der Waals surface area contributed by atoms with E-state index in [-0.39, 0.29) is 30.0 Å². The summed E-state index contributed by atoms with van der Waals surface area (Å²) in [5, 5.41) is 21.2. The summed E-state index contributed by atoms with van der Waals surface area (Å²) >= 11 is 2.09. The fourth-order valence-electron chi connectivity index (χ4n) is 10.9. The predicted molar refractivity (Wildman–Crippen MR) is 190 cm³/mol. The molecule has 6 atom stereocenters. The first-order valence-electron chi connectivity index (χ1n) is 20.4. The summed E-state index contributed by atoms with van der Waals surface area (Å²) in [6.07, 6.45) is 25.8. The van der Waals surface area contributed by atoms with E-state index < -0.39 is 23.8 Å². The molecule has 0 saturated heterocycles. The first-order valence-corrected chi connectivity index (χ1v) is 21.4. The molecule has 0 aliphatic heterocycles.